The lowest BCUT2D eigenvalue weighted by atomic mass is 10.1. The lowest BCUT2D eigenvalue weighted by molar-refractivity contribution is -0.141. The Morgan fingerprint density at radius 1 is 1.21 bits per heavy atom. The number of benzene rings is 1. The number of nitrogens with zero attached hydrogens (tertiary/aromatic N) is 3. The van der Waals surface area contributed by atoms with Crippen LogP contribution >= 0.6 is 0 Å². The zero-order valence-corrected chi connectivity index (χ0v) is 14.4. The van der Waals surface area contributed by atoms with Gasteiger partial charge in [-0.05, 0) is 42.5 Å². The van der Waals surface area contributed by atoms with Gasteiger partial charge in [0.05, 0.1) is 11.4 Å². The van der Waals surface area contributed by atoms with E-state index >= 15 is 0 Å². The van der Waals surface area contributed by atoms with Crippen LogP contribution < -0.4 is 5.32 Å². The molecule has 144 valence electrons. The molecule has 0 atom stereocenters. The van der Waals surface area contributed by atoms with E-state index in [1.165, 1.54) is 42.7 Å². The summed E-state index contributed by atoms with van der Waals surface area (Å²) in [5.41, 5.74) is 0.686. The molecule has 1 N–H and O–H groups in total. The van der Waals surface area contributed by atoms with Gasteiger partial charge in [-0.3, -0.25) is 9.78 Å². The van der Waals surface area contributed by atoms with E-state index in [-0.39, 0.29) is 6.54 Å². The monoisotopic (exact) mass is 390 g/mol. The van der Waals surface area contributed by atoms with Crippen molar-refractivity contribution in [2.75, 3.05) is 0 Å². The first kappa shape index (κ1) is 19.3. The molecule has 1 aromatic carbocycles. The second kappa shape index (κ2) is 7.63. The second-order valence-electron chi connectivity index (χ2n) is 5.77. The van der Waals surface area contributed by atoms with Crippen LogP contribution in [0.25, 0.3) is 16.9 Å². The molecule has 0 aliphatic carbocycles. The Hall–Kier alpha value is -3.49. The molecule has 3 aromatic rings. The number of alkyl halides is 3. The molecule has 0 saturated heterocycles. The largest absolute Gasteiger partial charge is 0.435 e. The van der Waals surface area contributed by atoms with Crippen LogP contribution in [0, 0.1) is 5.82 Å². The third-order valence-corrected chi connectivity index (χ3v) is 3.87. The molecule has 0 bridgehead atoms. The van der Waals surface area contributed by atoms with Gasteiger partial charge >= 0.3 is 6.18 Å². The molecule has 28 heavy (non-hydrogen) atoms. The van der Waals surface area contributed by atoms with Crippen LogP contribution in [0.5, 0.6) is 0 Å². The van der Waals surface area contributed by atoms with Crippen LogP contribution in [0.1, 0.15) is 11.3 Å². The van der Waals surface area contributed by atoms with Crippen LogP contribution in [0.4, 0.5) is 17.6 Å². The maximum absolute atomic E-state index is 13.1. The predicted molar refractivity (Wildman–Crippen MR) is 93.8 cm³/mol. The first-order valence-corrected chi connectivity index (χ1v) is 8.06. The number of hydrogen-bond donors (Lipinski definition) is 1. The Bertz CT molecular complexity index is 1010. The lowest BCUT2D eigenvalue weighted by Gasteiger charge is -2.12. The van der Waals surface area contributed by atoms with Gasteiger partial charge in [0, 0.05) is 30.1 Å². The molecule has 9 heteroatoms. The van der Waals surface area contributed by atoms with E-state index in [1.807, 2.05) is 0 Å². The van der Waals surface area contributed by atoms with Gasteiger partial charge in [-0.25, -0.2) is 9.07 Å². The van der Waals surface area contributed by atoms with Crippen LogP contribution in [0.3, 0.4) is 0 Å². The molecular weight excluding hydrogens is 376 g/mol. The van der Waals surface area contributed by atoms with Crippen LogP contribution in [0.2, 0.25) is 0 Å². The van der Waals surface area contributed by atoms with Gasteiger partial charge in [0.1, 0.15) is 5.82 Å². The molecule has 0 aliphatic rings. The smallest absolute Gasteiger partial charge is 0.348 e. The van der Waals surface area contributed by atoms with Crippen molar-refractivity contribution in [1.82, 2.24) is 20.1 Å². The van der Waals surface area contributed by atoms with Crippen molar-refractivity contribution < 1.29 is 22.4 Å². The van der Waals surface area contributed by atoms with E-state index in [0.29, 0.717) is 22.5 Å². The van der Waals surface area contributed by atoms with Gasteiger partial charge < -0.3 is 5.32 Å². The highest BCUT2D eigenvalue weighted by Gasteiger charge is 2.33. The maximum atomic E-state index is 13.1. The fourth-order valence-electron chi connectivity index (χ4n) is 2.46. The van der Waals surface area contributed by atoms with Crippen LogP contribution in [-0.2, 0) is 17.5 Å². The van der Waals surface area contributed by atoms with Gasteiger partial charge in [-0.15, -0.1) is 0 Å². The van der Waals surface area contributed by atoms with E-state index < -0.39 is 23.6 Å². The number of pyridine rings is 1. The van der Waals surface area contributed by atoms with Gasteiger partial charge in [0.25, 0.3) is 0 Å². The molecule has 3 rings (SSSR count). The lowest BCUT2D eigenvalue weighted by Crippen LogP contribution is -2.21. The first-order valence-electron chi connectivity index (χ1n) is 8.06. The Morgan fingerprint density at radius 3 is 2.54 bits per heavy atom. The van der Waals surface area contributed by atoms with Crippen molar-refractivity contribution in [3.8, 4) is 16.9 Å². The van der Waals surface area contributed by atoms with Gasteiger partial charge in [0.2, 0.25) is 5.91 Å². The topological polar surface area (TPSA) is 59.8 Å². The van der Waals surface area contributed by atoms with E-state index in [4.69, 9.17) is 0 Å². The Balaban J connectivity index is 2.05. The third kappa shape index (κ3) is 4.25. The van der Waals surface area contributed by atoms with Crippen molar-refractivity contribution in [3.63, 3.8) is 0 Å². The second-order valence-corrected chi connectivity index (χ2v) is 5.77. The Labute approximate surface area is 157 Å². The number of halogens is 4. The number of carbonyl (C=O) groups is 1. The standard InChI is InChI=1S/C19H14F4N4O/c1-2-18(28)25-11-13-10-24-15(12-3-5-14(20)6-4-12)9-16(13)27-8-7-17(26-27)19(21,22)23/h2-10H,1,11H2,(H,25,28). The molecule has 2 aromatic heterocycles. The van der Waals surface area contributed by atoms with Crippen molar-refractivity contribution in [1.29, 1.82) is 0 Å². The third-order valence-electron chi connectivity index (χ3n) is 3.87. The highest BCUT2D eigenvalue weighted by Crippen LogP contribution is 2.29. The average molecular weight is 390 g/mol. The highest BCUT2D eigenvalue weighted by atomic mass is 19.4. The summed E-state index contributed by atoms with van der Waals surface area (Å²) in [4.78, 5) is 15.7. The summed E-state index contributed by atoms with van der Waals surface area (Å²) < 4.78 is 52.9. The molecule has 0 radical (unpaired) electrons. The summed E-state index contributed by atoms with van der Waals surface area (Å²) in [6.07, 6.45) is -0.914. The minimum Gasteiger partial charge on any atom is -0.348 e. The molecule has 0 unspecified atom stereocenters. The van der Waals surface area contributed by atoms with E-state index in [2.05, 4.69) is 22.0 Å². The zero-order chi connectivity index (χ0) is 20.3. The maximum Gasteiger partial charge on any atom is 0.435 e. The summed E-state index contributed by atoms with van der Waals surface area (Å²) >= 11 is 0. The number of hydrogen-bond acceptors (Lipinski definition) is 3. The van der Waals surface area contributed by atoms with Crippen molar-refractivity contribution in [3.05, 3.63) is 78.5 Å². The summed E-state index contributed by atoms with van der Waals surface area (Å²) in [5, 5.41) is 6.13. The molecule has 0 aliphatic heterocycles. The molecule has 5 nitrogen and oxygen atoms in total. The zero-order valence-electron chi connectivity index (χ0n) is 14.4. The molecule has 0 fully saturated rings. The number of rotatable bonds is 5. The number of nitrogens with one attached hydrogen (secondary N) is 1. The number of carbonyl (C=O) groups excluding carboxylic acids is 1. The van der Waals surface area contributed by atoms with Crippen molar-refractivity contribution in [2.24, 2.45) is 0 Å². The summed E-state index contributed by atoms with van der Waals surface area (Å²) in [6.45, 7) is 3.36. The Morgan fingerprint density at radius 2 is 1.93 bits per heavy atom. The first-order chi connectivity index (χ1) is 13.3. The normalized spacial score (nSPS) is 11.3. The van der Waals surface area contributed by atoms with Gasteiger partial charge in [-0.2, -0.15) is 18.3 Å². The van der Waals surface area contributed by atoms with Gasteiger partial charge in [-0.1, -0.05) is 6.58 Å². The van der Waals surface area contributed by atoms with E-state index in [1.54, 1.807) is 0 Å². The quantitative estimate of drug-likeness (QED) is 0.531. The van der Waals surface area contributed by atoms with E-state index in [9.17, 15) is 22.4 Å². The fourth-order valence-corrected chi connectivity index (χ4v) is 2.46. The molecular formula is C19H14F4N4O. The van der Waals surface area contributed by atoms with Crippen molar-refractivity contribution >= 4 is 5.91 Å². The molecule has 0 saturated carbocycles. The minimum atomic E-state index is -4.59. The van der Waals surface area contributed by atoms with Crippen LogP contribution in [-0.4, -0.2) is 20.7 Å². The Kier molecular flexibility index (Phi) is 5.25. The highest BCUT2D eigenvalue weighted by molar-refractivity contribution is 5.86. The summed E-state index contributed by atoms with van der Waals surface area (Å²) in [6, 6.07) is 7.89. The summed E-state index contributed by atoms with van der Waals surface area (Å²) in [5.74, 6) is -0.861. The minimum absolute atomic E-state index is 0.0120. The SMILES string of the molecule is C=CC(=O)NCc1cnc(-c2ccc(F)cc2)cc1-n1ccc(C(F)(F)F)n1. The fraction of sp³-hybridized carbons (Fsp3) is 0.105. The predicted octanol–water partition coefficient (Wildman–Crippen LogP) is 3.89. The van der Waals surface area contributed by atoms with Crippen LogP contribution in [0.15, 0.2) is 61.4 Å². The van der Waals surface area contributed by atoms with Gasteiger partial charge in [0.15, 0.2) is 5.69 Å². The molecule has 2 heterocycles. The number of amides is 1. The molecule has 1 amide bonds. The molecule has 0 spiro atoms. The van der Waals surface area contributed by atoms with Crippen molar-refractivity contribution in [2.45, 2.75) is 12.7 Å². The summed E-state index contributed by atoms with van der Waals surface area (Å²) in [7, 11) is 0. The number of aromatic nitrogens is 3. The average Bonchev–Trinajstić information content (AvgIpc) is 3.17. The van der Waals surface area contributed by atoms with E-state index in [0.717, 1.165) is 16.8 Å².